The quantitative estimate of drug-likeness (QED) is 0.222. The summed E-state index contributed by atoms with van der Waals surface area (Å²) in [6, 6.07) is 35.3. The third-order valence-corrected chi connectivity index (χ3v) is 7.51. The zero-order chi connectivity index (χ0) is 23.8. The number of halogens is 1. The van der Waals surface area contributed by atoms with Crippen LogP contribution in [0.2, 0.25) is 0 Å². The van der Waals surface area contributed by atoms with Crippen molar-refractivity contribution in [3.05, 3.63) is 119 Å². The van der Waals surface area contributed by atoms with Crippen LogP contribution >= 0.6 is 27.3 Å². The van der Waals surface area contributed by atoms with Crippen molar-refractivity contribution in [2.75, 3.05) is 0 Å². The minimum atomic E-state index is 0.926. The fourth-order valence-corrected chi connectivity index (χ4v) is 5.49. The van der Waals surface area contributed by atoms with Crippen molar-refractivity contribution in [1.82, 2.24) is 19.6 Å². The van der Waals surface area contributed by atoms with Gasteiger partial charge in [0.15, 0.2) is 0 Å². The zero-order valence-corrected chi connectivity index (χ0v) is 21.4. The summed E-state index contributed by atoms with van der Waals surface area (Å²) < 4.78 is 5.05. The molecule has 3 aromatic heterocycles. The van der Waals surface area contributed by atoms with Gasteiger partial charge in [-0.3, -0.25) is 0 Å². The van der Waals surface area contributed by atoms with Crippen LogP contribution in [0.3, 0.4) is 0 Å². The van der Waals surface area contributed by atoms with Gasteiger partial charge >= 0.3 is 0 Å². The molecule has 0 N–H and O–H groups in total. The van der Waals surface area contributed by atoms with Crippen molar-refractivity contribution in [2.24, 2.45) is 0 Å². The Morgan fingerprint density at radius 2 is 1.43 bits per heavy atom. The highest BCUT2D eigenvalue weighted by Gasteiger charge is 2.21. The van der Waals surface area contributed by atoms with Gasteiger partial charge in [-0.1, -0.05) is 66.2 Å². The minimum Gasteiger partial charge on any atom is -0.240 e. The van der Waals surface area contributed by atoms with Crippen LogP contribution in [0.5, 0.6) is 0 Å². The van der Waals surface area contributed by atoms with Crippen molar-refractivity contribution in [3.63, 3.8) is 0 Å². The van der Waals surface area contributed by atoms with Gasteiger partial charge < -0.3 is 0 Å². The molecule has 0 saturated carbocycles. The van der Waals surface area contributed by atoms with E-state index in [1.165, 1.54) is 5.56 Å². The molecule has 4 nitrogen and oxygen atoms in total. The first-order valence-corrected chi connectivity index (χ1v) is 12.9. The normalized spacial score (nSPS) is 11.1. The van der Waals surface area contributed by atoms with Crippen LogP contribution in [0.15, 0.2) is 113 Å². The molecule has 0 aliphatic heterocycles. The van der Waals surface area contributed by atoms with E-state index in [0.717, 1.165) is 48.2 Å². The Balaban J connectivity index is 1.59. The number of benzene rings is 3. The van der Waals surface area contributed by atoms with Crippen molar-refractivity contribution < 1.29 is 0 Å². The van der Waals surface area contributed by atoms with E-state index in [4.69, 9.17) is 10.2 Å². The lowest BCUT2D eigenvalue weighted by molar-refractivity contribution is 0.883. The molecule has 6 aromatic rings. The summed E-state index contributed by atoms with van der Waals surface area (Å²) in [7, 11) is 0. The van der Waals surface area contributed by atoms with Gasteiger partial charge in [0.2, 0.25) is 0 Å². The van der Waals surface area contributed by atoms with E-state index >= 15 is 0 Å². The maximum absolute atomic E-state index is 5.05. The molecule has 0 atom stereocenters. The molecule has 0 bridgehead atoms. The van der Waals surface area contributed by atoms with Crippen molar-refractivity contribution >= 4 is 27.3 Å². The summed E-state index contributed by atoms with van der Waals surface area (Å²) in [6.45, 7) is 2.10. The molecule has 0 aliphatic rings. The van der Waals surface area contributed by atoms with E-state index in [1.807, 2.05) is 45.8 Å². The number of hydrogen-bond donors (Lipinski definition) is 0. The molecule has 0 saturated heterocycles. The number of aromatic nitrogens is 4. The molecule has 6 heteroatoms. The van der Waals surface area contributed by atoms with E-state index in [1.54, 1.807) is 11.3 Å². The molecular weight excluding hydrogens is 516 g/mol. The van der Waals surface area contributed by atoms with Gasteiger partial charge in [0.25, 0.3) is 0 Å². The zero-order valence-electron chi connectivity index (χ0n) is 19.0. The second kappa shape index (κ2) is 9.13. The molecule has 0 aliphatic carbocycles. The third-order valence-electron chi connectivity index (χ3n) is 5.87. The number of thiophene rings is 1. The first kappa shape index (κ1) is 21.8. The van der Waals surface area contributed by atoms with Crippen LogP contribution in [-0.2, 0) is 0 Å². The van der Waals surface area contributed by atoms with Crippen molar-refractivity contribution in [2.45, 2.75) is 6.92 Å². The molecule has 0 fully saturated rings. The standard InChI is InChI=1S/C29H21BrN4S/c1-20-12-14-21(15-13-20)25-18-26(34(31-25)23-10-6-3-7-11-23)24-19-33(22-8-4-2-5-9-22)32-29(24)27-16-17-28(30)35-27/h2-19H,1H3. The molecule has 3 aromatic carbocycles. The van der Waals surface area contributed by atoms with Gasteiger partial charge in [0.05, 0.1) is 31.4 Å². The average molecular weight is 537 g/mol. The van der Waals surface area contributed by atoms with Gasteiger partial charge in [0, 0.05) is 17.3 Å². The van der Waals surface area contributed by atoms with Crippen LogP contribution in [0, 0.1) is 6.92 Å². The lowest BCUT2D eigenvalue weighted by Crippen LogP contribution is -1.99. The number of nitrogens with zero attached hydrogens (tertiary/aromatic N) is 4. The SMILES string of the molecule is Cc1ccc(-c2cc(-c3cn(-c4ccccc4)nc3-c3ccc(Br)s3)n(-c3ccccc3)n2)cc1. The van der Waals surface area contributed by atoms with E-state index in [2.05, 4.69) is 95.8 Å². The first-order chi connectivity index (χ1) is 17.2. The molecule has 35 heavy (non-hydrogen) atoms. The van der Waals surface area contributed by atoms with E-state index in [9.17, 15) is 0 Å². The summed E-state index contributed by atoms with van der Waals surface area (Å²) in [4.78, 5) is 1.10. The van der Waals surface area contributed by atoms with Crippen LogP contribution in [-0.4, -0.2) is 19.6 Å². The monoisotopic (exact) mass is 536 g/mol. The number of hydrogen-bond acceptors (Lipinski definition) is 3. The van der Waals surface area contributed by atoms with E-state index in [0.29, 0.717) is 0 Å². The van der Waals surface area contributed by atoms with Crippen LogP contribution in [0.4, 0.5) is 0 Å². The molecule has 170 valence electrons. The first-order valence-electron chi connectivity index (χ1n) is 11.3. The lowest BCUT2D eigenvalue weighted by Gasteiger charge is -2.07. The highest BCUT2D eigenvalue weighted by Crippen LogP contribution is 2.39. The van der Waals surface area contributed by atoms with Gasteiger partial charge in [-0.05, 0) is 65.3 Å². The summed E-state index contributed by atoms with van der Waals surface area (Å²) >= 11 is 5.30. The second-order valence-corrected chi connectivity index (χ2v) is 10.8. The molecule has 0 spiro atoms. The Morgan fingerprint density at radius 3 is 2.09 bits per heavy atom. The summed E-state index contributed by atoms with van der Waals surface area (Å²) in [5.74, 6) is 0. The molecule has 0 amide bonds. The number of aryl methyl sites for hydroxylation is 1. The Hall–Kier alpha value is -3.74. The van der Waals surface area contributed by atoms with E-state index in [-0.39, 0.29) is 0 Å². The number of para-hydroxylation sites is 2. The molecule has 0 unspecified atom stereocenters. The maximum atomic E-state index is 5.05. The molecular formula is C29H21BrN4S. The van der Waals surface area contributed by atoms with Gasteiger partial charge in [-0.25, -0.2) is 9.36 Å². The second-order valence-electron chi connectivity index (χ2n) is 8.30. The predicted octanol–water partition coefficient (Wildman–Crippen LogP) is 8.19. The fraction of sp³-hybridized carbons (Fsp3) is 0.0345. The van der Waals surface area contributed by atoms with Gasteiger partial charge in [0.1, 0.15) is 5.69 Å². The minimum absolute atomic E-state index is 0.926. The number of rotatable bonds is 5. The molecule has 6 rings (SSSR count). The largest absolute Gasteiger partial charge is 0.240 e. The van der Waals surface area contributed by atoms with Crippen LogP contribution < -0.4 is 0 Å². The highest BCUT2D eigenvalue weighted by atomic mass is 79.9. The van der Waals surface area contributed by atoms with Crippen LogP contribution in [0.25, 0.3) is 44.5 Å². The van der Waals surface area contributed by atoms with Gasteiger partial charge in [-0.2, -0.15) is 10.2 Å². The van der Waals surface area contributed by atoms with E-state index < -0.39 is 0 Å². The Morgan fingerprint density at radius 1 is 0.743 bits per heavy atom. The summed E-state index contributed by atoms with van der Waals surface area (Å²) in [6.07, 6.45) is 2.10. The molecule has 0 radical (unpaired) electrons. The average Bonchev–Trinajstić information content (AvgIpc) is 3.63. The van der Waals surface area contributed by atoms with Crippen molar-refractivity contribution in [3.8, 4) is 44.5 Å². The summed E-state index contributed by atoms with van der Waals surface area (Å²) in [5, 5.41) is 10.1. The predicted molar refractivity (Wildman–Crippen MR) is 147 cm³/mol. The summed E-state index contributed by atoms with van der Waals surface area (Å²) in [5.41, 5.74) is 8.21. The Kier molecular flexibility index (Phi) is 5.68. The Labute approximate surface area is 216 Å². The third kappa shape index (κ3) is 4.27. The fourth-order valence-electron chi connectivity index (χ4n) is 4.10. The molecule has 3 heterocycles. The smallest absolute Gasteiger partial charge is 0.112 e. The topological polar surface area (TPSA) is 35.6 Å². The van der Waals surface area contributed by atoms with Crippen molar-refractivity contribution in [1.29, 1.82) is 0 Å². The highest BCUT2D eigenvalue weighted by molar-refractivity contribution is 9.11. The Bertz CT molecular complexity index is 1600. The maximum Gasteiger partial charge on any atom is 0.112 e. The van der Waals surface area contributed by atoms with Gasteiger partial charge in [-0.15, -0.1) is 11.3 Å². The lowest BCUT2D eigenvalue weighted by atomic mass is 10.1. The van der Waals surface area contributed by atoms with Crippen LogP contribution in [0.1, 0.15) is 5.56 Å².